The average molecular weight is 286 g/mol. The Morgan fingerprint density at radius 1 is 1.30 bits per heavy atom. The molecule has 1 atom stereocenters. The third kappa shape index (κ3) is 5.90. The van der Waals surface area contributed by atoms with E-state index in [1.807, 2.05) is 0 Å². The first kappa shape index (κ1) is 16.3. The van der Waals surface area contributed by atoms with Gasteiger partial charge >= 0.3 is 18.0 Å². The molecule has 1 saturated carbocycles. The van der Waals surface area contributed by atoms with Crippen molar-refractivity contribution in [2.75, 3.05) is 0 Å². The maximum atomic E-state index is 11.6. The first-order valence-electron chi connectivity index (χ1n) is 6.69. The first-order chi connectivity index (χ1) is 9.17. The Hall–Kier alpha value is -1.79. The number of amides is 2. The highest BCUT2D eigenvalue weighted by Gasteiger charge is 2.28. The lowest BCUT2D eigenvalue weighted by atomic mass is 9.93. The van der Waals surface area contributed by atoms with Crippen LogP contribution >= 0.6 is 0 Å². The molecule has 1 aliphatic rings. The van der Waals surface area contributed by atoms with Gasteiger partial charge in [0.2, 0.25) is 0 Å². The van der Waals surface area contributed by atoms with Crippen molar-refractivity contribution in [1.82, 2.24) is 10.6 Å². The molecule has 0 aliphatic heterocycles. The Morgan fingerprint density at radius 3 is 2.30 bits per heavy atom. The van der Waals surface area contributed by atoms with Crippen molar-refractivity contribution in [3.63, 3.8) is 0 Å². The maximum Gasteiger partial charge on any atom is 0.326 e. The number of hydrogen-bond donors (Lipinski definition) is 3. The van der Waals surface area contributed by atoms with Crippen LogP contribution in [0.25, 0.3) is 0 Å². The van der Waals surface area contributed by atoms with Gasteiger partial charge in [0.15, 0.2) is 0 Å². The maximum absolute atomic E-state index is 11.6. The molecule has 0 radical (unpaired) electrons. The molecular weight excluding hydrogens is 264 g/mol. The molecule has 20 heavy (non-hydrogen) atoms. The molecule has 0 unspecified atom stereocenters. The zero-order chi connectivity index (χ0) is 15.3. The summed E-state index contributed by atoms with van der Waals surface area (Å²) in [5.41, 5.74) is -0.686. The number of carbonyl (C=O) groups excluding carboxylic acids is 2. The van der Waals surface area contributed by atoms with Gasteiger partial charge in [0.25, 0.3) is 0 Å². The Labute approximate surface area is 118 Å². The Kier molecular flexibility index (Phi) is 5.35. The number of hydrogen-bond acceptors (Lipinski definition) is 4. The largest absolute Gasteiger partial charge is 0.480 e. The van der Waals surface area contributed by atoms with Gasteiger partial charge in [-0.3, -0.25) is 4.79 Å². The summed E-state index contributed by atoms with van der Waals surface area (Å²) in [6.45, 7) is 5.08. The second-order valence-corrected chi connectivity index (χ2v) is 5.93. The van der Waals surface area contributed by atoms with Crippen LogP contribution in [0.3, 0.4) is 0 Å². The van der Waals surface area contributed by atoms with Crippen molar-refractivity contribution in [2.45, 2.75) is 64.1 Å². The van der Waals surface area contributed by atoms with Crippen molar-refractivity contribution in [3.8, 4) is 0 Å². The summed E-state index contributed by atoms with van der Waals surface area (Å²) in [5.74, 6) is -1.92. The van der Waals surface area contributed by atoms with Gasteiger partial charge in [-0.2, -0.15) is 0 Å². The predicted octanol–water partition coefficient (Wildman–Crippen LogP) is 1.02. The van der Waals surface area contributed by atoms with Crippen LogP contribution < -0.4 is 10.6 Å². The Balaban J connectivity index is 2.45. The lowest BCUT2D eigenvalue weighted by Gasteiger charge is -2.27. The van der Waals surface area contributed by atoms with Gasteiger partial charge in [0.1, 0.15) is 11.6 Å². The highest BCUT2D eigenvalue weighted by molar-refractivity contribution is 5.86. The number of nitrogens with one attached hydrogen (secondary N) is 2. The van der Waals surface area contributed by atoms with E-state index in [1.165, 1.54) is 0 Å². The molecule has 0 heterocycles. The highest BCUT2D eigenvalue weighted by Crippen LogP contribution is 2.17. The summed E-state index contributed by atoms with van der Waals surface area (Å²) in [4.78, 5) is 34.2. The summed E-state index contributed by atoms with van der Waals surface area (Å²) >= 11 is 0. The molecule has 0 spiro atoms. The molecule has 0 aromatic heterocycles. The fourth-order valence-corrected chi connectivity index (χ4v) is 1.69. The van der Waals surface area contributed by atoms with Crippen LogP contribution in [0.1, 0.15) is 46.5 Å². The monoisotopic (exact) mass is 286 g/mol. The van der Waals surface area contributed by atoms with Crippen LogP contribution in [0, 0.1) is 0 Å². The lowest BCUT2D eigenvalue weighted by molar-refractivity contribution is -0.158. The van der Waals surface area contributed by atoms with Gasteiger partial charge in [0.05, 0.1) is 6.42 Å². The smallest absolute Gasteiger partial charge is 0.326 e. The van der Waals surface area contributed by atoms with Gasteiger partial charge in [-0.25, -0.2) is 9.59 Å². The second kappa shape index (κ2) is 6.58. The van der Waals surface area contributed by atoms with Crippen LogP contribution in [0.2, 0.25) is 0 Å². The van der Waals surface area contributed by atoms with Crippen LogP contribution in [-0.2, 0) is 14.3 Å². The molecule has 0 saturated heterocycles. The molecule has 7 heteroatoms. The second-order valence-electron chi connectivity index (χ2n) is 5.93. The molecule has 1 rings (SSSR count). The summed E-state index contributed by atoms with van der Waals surface area (Å²) in [6.07, 6.45) is 2.46. The Bertz CT molecular complexity index is 385. The van der Waals surface area contributed by atoms with E-state index in [1.54, 1.807) is 20.8 Å². The van der Waals surface area contributed by atoms with E-state index >= 15 is 0 Å². The number of aliphatic carboxylic acids is 1. The van der Waals surface area contributed by atoms with Crippen LogP contribution in [-0.4, -0.2) is 40.8 Å². The molecule has 3 N–H and O–H groups in total. The third-order valence-corrected chi connectivity index (χ3v) is 2.83. The van der Waals surface area contributed by atoms with Gasteiger partial charge in [0, 0.05) is 6.04 Å². The molecule has 0 bridgehead atoms. The van der Waals surface area contributed by atoms with Gasteiger partial charge < -0.3 is 20.5 Å². The van der Waals surface area contributed by atoms with Crippen molar-refractivity contribution in [1.29, 1.82) is 0 Å². The zero-order valence-corrected chi connectivity index (χ0v) is 12.1. The van der Waals surface area contributed by atoms with Gasteiger partial charge in [-0.15, -0.1) is 0 Å². The molecule has 1 aliphatic carbocycles. The van der Waals surface area contributed by atoms with E-state index < -0.39 is 36.0 Å². The van der Waals surface area contributed by atoms with Crippen molar-refractivity contribution >= 4 is 18.0 Å². The van der Waals surface area contributed by atoms with E-state index in [0.717, 1.165) is 19.3 Å². The van der Waals surface area contributed by atoms with E-state index in [2.05, 4.69) is 10.6 Å². The fraction of sp³-hybridized carbons (Fsp3) is 0.769. The van der Waals surface area contributed by atoms with Crippen LogP contribution in [0.4, 0.5) is 4.79 Å². The number of ether oxygens (including phenoxy) is 1. The van der Waals surface area contributed by atoms with Gasteiger partial charge in [-0.1, -0.05) is 0 Å². The van der Waals surface area contributed by atoms with E-state index in [0.29, 0.717) is 0 Å². The molecule has 1 fully saturated rings. The Morgan fingerprint density at radius 2 is 1.90 bits per heavy atom. The summed E-state index contributed by atoms with van der Waals surface area (Å²) < 4.78 is 5.04. The lowest BCUT2D eigenvalue weighted by Crippen LogP contribution is -2.51. The molecule has 0 aromatic carbocycles. The third-order valence-electron chi connectivity index (χ3n) is 2.83. The summed E-state index contributed by atoms with van der Waals surface area (Å²) in [6, 6.07) is -1.75. The average Bonchev–Trinajstić information content (AvgIpc) is 2.19. The van der Waals surface area contributed by atoms with Gasteiger partial charge in [-0.05, 0) is 40.0 Å². The van der Waals surface area contributed by atoms with E-state index in [-0.39, 0.29) is 6.04 Å². The minimum absolute atomic E-state index is 0.103. The number of rotatable bonds is 5. The normalized spacial score (nSPS) is 16.8. The van der Waals surface area contributed by atoms with Crippen LogP contribution in [0.5, 0.6) is 0 Å². The number of carboxylic acid groups (broad SMARTS) is 1. The minimum Gasteiger partial charge on any atom is -0.480 e. The molecule has 2 amide bonds. The fourth-order valence-electron chi connectivity index (χ4n) is 1.69. The molecule has 114 valence electrons. The number of carbonyl (C=O) groups is 3. The number of esters is 1. The quantitative estimate of drug-likeness (QED) is 0.654. The van der Waals surface area contributed by atoms with Crippen molar-refractivity contribution in [2.24, 2.45) is 0 Å². The first-order valence-corrected chi connectivity index (χ1v) is 6.69. The summed E-state index contributed by atoms with van der Waals surface area (Å²) in [5, 5.41) is 14.0. The van der Waals surface area contributed by atoms with E-state index in [4.69, 9.17) is 9.84 Å². The topological polar surface area (TPSA) is 105 Å². The molecule has 7 nitrogen and oxygen atoms in total. The summed E-state index contributed by atoms with van der Waals surface area (Å²) in [7, 11) is 0. The SMILES string of the molecule is CC(C)(C)OC(=O)C[C@H](NC(=O)NC1CCC1)C(=O)O. The predicted molar refractivity (Wildman–Crippen MR) is 71.2 cm³/mol. The van der Waals surface area contributed by atoms with Crippen molar-refractivity contribution in [3.05, 3.63) is 0 Å². The van der Waals surface area contributed by atoms with Crippen molar-refractivity contribution < 1.29 is 24.2 Å². The number of urea groups is 1. The number of carboxylic acids is 1. The zero-order valence-electron chi connectivity index (χ0n) is 12.1. The van der Waals surface area contributed by atoms with E-state index in [9.17, 15) is 14.4 Å². The highest BCUT2D eigenvalue weighted by atomic mass is 16.6. The standard InChI is InChI=1S/C13H22N2O5/c1-13(2,3)20-10(16)7-9(11(17)18)15-12(19)14-8-5-4-6-8/h8-9H,4-7H2,1-3H3,(H,17,18)(H2,14,15,19)/t9-/m0/s1. The molecular formula is C13H22N2O5. The molecule has 0 aromatic rings. The minimum atomic E-state index is -1.29. The van der Waals surface area contributed by atoms with Crippen LogP contribution in [0.15, 0.2) is 0 Å².